The molecule has 2 amide bonds. The number of nitro benzene ring substituents is 1. The van der Waals surface area contributed by atoms with Gasteiger partial charge in [-0.2, -0.15) is 0 Å². The first-order valence-electron chi connectivity index (χ1n) is 9.73. The monoisotopic (exact) mass is 427 g/mol. The fourth-order valence-corrected chi connectivity index (χ4v) is 3.49. The van der Waals surface area contributed by atoms with Crippen LogP contribution < -0.4 is 19.7 Å². The number of benzene rings is 2. The Hall–Kier alpha value is -3.62. The van der Waals surface area contributed by atoms with E-state index in [1.165, 1.54) is 20.3 Å². The molecule has 0 unspecified atom stereocenters. The van der Waals surface area contributed by atoms with Crippen molar-refractivity contribution in [1.29, 1.82) is 0 Å². The zero-order valence-corrected chi connectivity index (χ0v) is 18.1. The number of ether oxygens (including phenoxy) is 2. The summed E-state index contributed by atoms with van der Waals surface area (Å²) in [7, 11) is 2.75. The molecule has 0 saturated heterocycles. The fraction of sp³-hybridized carbons (Fsp3) is 0.364. The summed E-state index contributed by atoms with van der Waals surface area (Å²) in [5, 5.41) is 14.2. The molecular formula is C22H25N3O6. The van der Waals surface area contributed by atoms with E-state index in [0.29, 0.717) is 18.7 Å². The topological polar surface area (TPSA) is 111 Å². The van der Waals surface area contributed by atoms with Crippen LogP contribution in [0.1, 0.15) is 36.7 Å². The van der Waals surface area contributed by atoms with E-state index in [4.69, 9.17) is 9.47 Å². The standard InChI is InChI=1S/C22H25N3O6/c1-22(2,3)21(27)24-9-8-13-10-14(6-7-16(13)24)23-20(26)15-11-18(30-4)19(31-5)12-17(15)25(28)29/h6-7,10-12H,8-9H2,1-5H3,(H,23,26). The smallest absolute Gasteiger partial charge is 0.286 e. The number of carbonyl (C=O) groups excluding carboxylic acids is 2. The molecule has 1 N–H and O–H groups in total. The second kappa shape index (κ2) is 8.25. The Morgan fingerprint density at radius 2 is 1.74 bits per heavy atom. The molecule has 1 heterocycles. The van der Waals surface area contributed by atoms with Crippen molar-refractivity contribution in [1.82, 2.24) is 0 Å². The van der Waals surface area contributed by atoms with E-state index in [1.54, 1.807) is 23.1 Å². The largest absolute Gasteiger partial charge is 0.493 e. The zero-order chi connectivity index (χ0) is 22.9. The molecule has 1 aliphatic heterocycles. The number of nitro groups is 1. The van der Waals surface area contributed by atoms with Crippen LogP contribution in [-0.2, 0) is 11.2 Å². The van der Waals surface area contributed by atoms with Crippen LogP contribution in [0.4, 0.5) is 17.1 Å². The maximum atomic E-state index is 12.8. The third-order valence-electron chi connectivity index (χ3n) is 5.06. The van der Waals surface area contributed by atoms with E-state index < -0.39 is 21.9 Å². The van der Waals surface area contributed by atoms with Crippen molar-refractivity contribution in [2.45, 2.75) is 27.2 Å². The van der Waals surface area contributed by atoms with Crippen molar-refractivity contribution in [2.24, 2.45) is 5.41 Å². The number of hydrogen-bond acceptors (Lipinski definition) is 6. The number of amides is 2. The molecule has 9 heteroatoms. The van der Waals surface area contributed by atoms with Crippen LogP contribution in [0.2, 0.25) is 0 Å². The van der Waals surface area contributed by atoms with Gasteiger partial charge < -0.3 is 19.7 Å². The lowest BCUT2D eigenvalue weighted by Gasteiger charge is -2.26. The van der Waals surface area contributed by atoms with E-state index in [-0.39, 0.29) is 23.0 Å². The van der Waals surface area contributed by atoms with Gasteiger partial charge in [-0.1, -0.05) is 20.8 Å². The molecule has 0 aromatic heterocycles. The molecule has 0 bridgehead atoms. The van der Waals surface area contributed by atoms with E-state index in [0.717, 1.165) is 17.3 Å². The Labute approximate surface area is 180 Å². The van der Waals surface area contributed by atoms with E-state index in [1.807, 2.05) is 20.8 Å². The van der Waals surface area contributed by atoms with Crippen molar-refractivity contribution in [3.63, 3.8) is 0 Å². The minimum atomic E-state index is -0.645. The number of methoxy groups -OCH3 is 2. The molecule has 0 atom stereocenters. The van der Waals surface area contributed by atoms with Gasteiger partial charge in [-0.25, -0.2) is 0 Å². The second-order valence-corrected chi connectivity index (χ2v) is 8.24. The summed E-state index contributed by atoms with van der Waals surface area (Å²) in [6.07, 6.45) is 0.664. The average Bonchev–Trinajstić information content (AvgIpc) is 3.14. The van der Waals surface area contributed by atoms with Gasteiger partial charge in [-0.15, -0.1) is 0 Å². The number of rotatable bonds is 5. The summed E-state index contributed by atoms with van der Waals surface area (Å²) in [5.41, 5.74) is 1.19. The summed E-state index contributed by atoms with van der Waals surface area (Å²) in [4.78, 5) is 38.1. The number of hydrogen-bond donors (Lipinski definition) is 1. The minimum Gasteiger partial charge on any atom is -0.493 e. The van der Waals surface area contributed by atoms with Gasteiger partial charge in [0.1, 0.15) is 5.56 Å². The highest BCUT2D eigenvalue weighted by Crippen LogP contribution is 2.36. The second-order valence-electron chi connectivity index (χ2n) is 8.24. The summed E-state index contributed by atoms with van der Waals surface area (Å²) in [5.74, 6) is -0.243. The third-order valence-corrected chi connectivity index (χ3v) is 5.06. The van der Waals surface area contributed by atoms with Gasteiger partial charge in [0.05, 0.1) is 25.2 Å². The van der Waals surface area contributed by atoms with Crippen LogP contribution in [0.15, 0.2) is 30.3 Å². The van der Waals surface area contributed by atoms with E-state index in [2.05, 4.69) is 5.32 Å². The molecule has 3 rings (SSSR count). The van der Waals surface area contributed by atoms with Crippen molar-refractivity contribution < 1.29 is 24.0 Å². The number of carbonyl (C=O) groups is 2. The minimum absolute atomic E-state index is 0.0315. The number of anilines is 2. The van der Waals surface area contributed by atoms with Gasteiger partial charge in [0.15, 0.2) is 11.5 Å². The Morgan fingerprint density at radius 3 is 2.32 bits per heavy atom. The predicted octanol–water partition coefficient (Wildman–Crippen LogP) is 3.80. The molecule has 0 aliphatic carbocycles. The first-order chi connectivity index (χ1) is 14.6. The molecule has 2 aromatic rings. The van der Waals surface area contributed by atoms with Crippen LogP contribution in [0.5, 0.6) is 11.5 Å². The maximum Gasteiger partial charge on any atom is 0.286 e. The summed E-state index contributed by atoms with van der Waals surface area (Å²) < 4.78 is 10.3. The molecule has 0 radical (unpaired) electrons. The average molecular weight is 427 g/mol. The molecule has 9 nitrogen and oxygen atoms in total. The summed E-state index contributed by atoms with van der Waals surface area (Å²) in [6.45, 7) is 6.19. The van der Waals surface area contributed by atoms with Gasteiger partial charge in [-0.05, 0) is 30.2 Å². The Bertz CT molecular complexity index is 1060. The zero-order valence-electron chi connectivity index (χ0n) is 18.1. The van der Waals surface area contributed by atoms with E-state index in [9.17, 15) is 19.7 Å². The highest BCUT2D eigenvalue weighted by molar-refractivity contribution is 6.08. The maximum absolute atomic E-state index is 12.8. The Morgan fingerprint density at radius 1 is 1.10 bits per heavy atom. The molecule has 164 valence electrons. The van der Waals surface area contributed by atoms with Crippen LogP contribution in [0.25, 0.3) is 0 Å². The van der Waals surface area contributed by atoms with Gasteiger partial charge in [0.2, 0.25) is 5.91 Å². The molecule has 0 fully saturated rings. The first kappa shape index (κ1) is 22.1. The van der Waals surface area contributed by atoms with Gasteiger partial charge in [0.25, 0.3) is 11.6 Å². The normalized spacial score (nSPS) is 12.9. The molecule has 0 saturated carbocycles. The van der Waals surface area contributed by atoms with Crippen molar-refractivity contribution in [3.05, 3.63) is 51.6 Å². The molecule has 1 aliphatic rings. The van der Waals surface area contributed by atoms with Crippen LogP contribution in [0, 0.1) is 15.5 Å². The summed E-state index contributed by atoms with van der Waals surface area (Å²) in [6, 6.07) is 7.69. The van der Waals surface area contributed by atoms with Gasteiger partial charge in [-0.3, -0.25) is 19.7 Å². The van der Waals surface area contributed by atoms with E-state index >= 15 is 0 Å². The van der Waals surface area contributed by atoms with Crippen LogP contribution in [0.3, 0.4) is 0 Å². The SMILES string of the molecule is COc1cc(C(=O)Nc2ccc3c(c2)CCN3C(=O)C(C)(C)C)c([N+](=O)[O-])cc1OC. The third kappa shape index (κ3) is 4.30. The molecule has 0 spiro atoms. The molecule has 31 heavy (non-hydrogen) atoms. The Balaban J connectivity index is 1.89. The van der Waals surface area contributed by atoms with Crippen molar-refractivity contribution in [2.75, 3.05) is 31.0 Å². The lowest BCUT2D eigenvalue weighted by Crippen LogP contribution is -2.38. The molecular weight excluding hydrogens is 402 g/mol. The lowest BCUT2D eigenvalue weighted by molar-refractivity contribution is -0.385. The number of fused-ring (bicyclic) bond motifs is 1. The van der Waals surface area contributed by atoms with Crippen molar-refractivity contribution in [3.8, 4) is 11.5 Å². The van der Waals surface area contributed by atoms with Crippen molar-refractivity contribution >= 4 is 28.9 Å². The number of nitrogens with zero attached hydrogens (tertiary/aromatic N) is 2. The predicted molar refractivity (Wildman–Crippen MR) is 116 cm³/mol. The fourth-order valence-electron chi connectivity index (χ4n) is 3.49. The van der Waals surface area contributed by atoms with Gasteiger partial charge in [0, 0.05) is 29.4 Å². The molecule has 2 aromatic carbocycles. The van der Waals surface area contributed by atoms with Gasteiger partial charge >= 0.3 is 0 Å². The lowest BCUT2D eigenvalue weighted by atomic mass is 9.94. The quantitative estimate of drug-likeness (QED) is 0.574. The van der Waals surface area contributed by atoms with Crippen LogP contribution >= 0.6 is 0 Å². The van der Waals surface area contributed by atoms with Crippen LogP contribution in [-0.4, -0.2) is 37.5 Å². The number of nitrogens with one attached hydrogen (secondary N) is 1. The highest BCUT2D eigenvalue weighted by atomic mass is 16.6. The summed E-state index contributed by atoms with van der Waals surface area (Å²) >= 11 is 0. The highest BCUT2D eigenvalue weighted by Gasteiger charge is 2.32. The first-order valence-corrected chi connectivity index (χ1v) is 9.73. The Kier molecular flexibility index (Phi) is 5.88.